The summed E-state index contributed by atoms with van der Waals surface area (Å²) < 4.78 is 2.38. The Morgan fingerprint density at radius 3 is 1.20 bits per heavy atom. The van der Waals surface area contributed by atoms with Gasteiger partial charge in [-0.3, -0.25) is 0 Å². The second kappa shape index (κ2) is 16.7. The third-order valence-electron chi connectivity index (χ3n) is 12.6. The summed E-state index contributed by atoms with van der Waals surface area (Å²) in [5, 5.41) is 6.98. The van der Waals surface area contributed by atoms with Crippen molar-refractivity contribution < 1.29 is 0 Å². The third-order valence-corrected chi connectivity index (χ3v) is 12.6. The average Bonchev–Trinajstić information content (AvgIpc) is 3.72. The minimum atomic E-state index is 1.07. The van der Waals surface area contributed by atoms with E-state index in [0.29, 0.717) is 0 Å². The van der Waals surface area contributed by atoms with Crippen LogP contribution in [-0.4, -0.2) is 4.57 Å². The van der Waals surface area contributed by atoms with Gasteiger partial charge in [0.25, 0.3) is 0 Å². The minimum absolute atomic E-state index is 1.07. The Morgan fingerprint density at radius 2 is 0.636 bits per heavy atom. The van der Waals surface area contributed by atoms with Crippen molar-refractivity contribution >= 4 is 94.5 Å². The van der Waals surface area contributed by atoms with Crippen molar-refractivity contribution in [2.24, 2.45) is 0 Å². The van der Waals surface area contributed by atoms with E-state index in [4.69, 9.17) is 0 Å². The zero-order chi connectivity index (χ0) is 43.8. The molecule has 0 saturated heterocycles. The van der Waals surface area contributed by atoms with E-state index in [1.165, 1.54) is 16.3 Å². The van der Waals surface area contributed by atoms with Crippen molar-refractivity contribution in [3.63, 3.8) is 0 Å². The first-order valence-electron chi connectivity index (χ1n) is 22.5. The Morgan fingerprint density at radius 1 is 0.227 bits per heavy atom. The number of para-hydroxylation sites is 7. The summed E-state index contributed by atoms with van der Waals surface area (Å²) in [5.41, 5.74) is 13.3. The van der Waals surface area contributed by atoms with Gasteiger partial charge >= 0.3 is 0 Å². The first-order chi connectivity index (χ1) is 32.8. The Balaban J connectivity index is 1.15. The van der Waals surface area contributed by atoms with Crippen LogP contribution in [0.15, 0.2) is 267 Å². The lowest BCUT2D eigenvalue weighted by molar-refractivity contribution is 1.18. The largest absolute Gasteiger partial charge is 0.310 e. The number of nitrogens with zero attached hydrogens (tertiary/aromatic N) is 4. The van der Waals surface area contributed by atoms with Gasteiger partial charge in [-0.1, -0.05) is 140 Å². The Labute approximate surface area is 384 Å². The normalized spacial score (nSPS) is 11.3. The molecule has 11 aromatic carbocycles. The molecule has 0 saturated carbocycles. The molecule has 0 fully saturated rings. The van der Waals surface area contributed by atoms with Gasteiger partial charge in [-0.15, -0.1) is 0 Å². The minimum Gasteiger partial charge on any atom is -0.310 e. The maximum absolute atomic E-state index is 2.48. The Hall–Kier alpha value is -8.86. The molecule has 66 heavy (non-hydrogen) atoms. The van der Waals surface area contributed by atoms with Gasteiger partial charge in [0.15, 0.2) is 0 Å². The SMILES string of the molecule is c1ccc(N(c2ccccc2)c2ccc3c(N(c4ccccc4)c4ccc5c(c4)c4ccccc4n5-c4ccccc4)c4cc(N(c5ccccc5)c5ccccc5)ccc4cc3c2)cc1. The standard InChI is InChI=1S/C62H44N4/c1-7-21-47(22-8-1)63(48-23-9-2-10-24-48)53-37-39-56-46(42-53)41-45-35-36-54(64(49-25-11-3-12-26-49)50-27-13-4-14-28-50)43-58(45)62(56)65(51-29-15-5-16-30-51)55-38-40-61-59(44-55)57-33-19-20-34-60(57)66(61)52-31-17-6-18-32-52/h1-44H. The van der Waals surface area contributed by atoms with E-state index in [2.05, 4.69) is 286 Å². The van der Waals surface area contributed by atoms with Crippen LogP contribution in [0, 0.1) is 0 Å². The number of aromatic nitrogens is 1. The summed E-state index contributed by atoms with van der Waals surface area (Å²) in [6, 6.07) is 96.2. The smallest absolute Gasteiger partial charge is 0.0619 e. The summed E-state index contributed by atoms with van der Waals surface area (Å²) in [5.74, 6) is 0. The lowest BCUT2D eigenvalue weighted by Gasteiger charge is -2.31. The Kier molecular flexibility index (Phi) is 9.81. The highest BCUT2D eigenvalue weighted by molar-refractivity contribution is 6.17. The van der Waals surface area contributed by atoms with Crippen LogP contribution in [0.4, 0.5) is 51.2 Å². The highest BCUT2D eigenvalue weighted by Crippen LogP contribution is 2.48. The molecule has 312 valence electrons. The molecule has 0 unspecified atom stereocenters. The maximum atomic E-state index is 2.48. The van der Waals surface area contributed by atoms with Crippen molar-refractivity contribution in [2.45, 2.75) is 0 Å². The van der Waals surface area contributed by atoms with Gasteiger partial charge in [-0.2, -0.15) is 0 Å². The number of anilines is 9. The van der Waals surface area contributed by atoms with E-state index in [0.717, 1.165) is 83.9 Å². The van der Waals surface area contributed by atoms with Gasteiger partial charge in [-0.05, 0) is 138 Å². The summed E-state index contributed by atoms with van der Waals surface area (Å²) in [6.45, 7) is 0. The molecule has 0 atom stereocenters. The lowest BCUT2D eigenvalue weighted by atomic mass is 9.97. The molecule has 4 nitrogen and oxygen atoms in total. The fourth-order valence-electron chi connectivity index (χ4n) is 9.73. The molecule has 12 aromatic rings. The third kappa shape index (κ3) is 6.89. The summed E-state index contributed by atoms with van der Waals surface area (Å²) in [4.78, 5) is 7.17. The van der Waals surface area contributed by atoms with Gasteiger partial charge in [0.05, 0.1) is 16.7 Å². The van der Waals surface area contributed by atoms with E-state index >= 15 is 0 Å². The topological polar surface area (TPSA) is 14.7 Å². The van der Waals surface area contributed by atoms with E-state index in [1.54, 1.807) is 0 Å². The molecule has 4 heteroatoms. The molecule has 0 N–H and O–H groups in total. The summed E-state index contributed by atoms with van der Waals surface area (Å²) in [7, 11) is 0. The maximum Gasteiger partial charge on any atom is 0.0619 e. The monoisotopic (exact) mass is 844 g/mol. The van der Waals surface area contributed by atoms with Crippen LogP contribution in [-0.2, 0) is 0 Å². The zero-order valence-electron chi connectivity index (χ0n) is 36.2. The van der Waals surface area contributed by atoms with E-state index in [1.807, 2.05) is 0 Å². The molecule has 12 rings (SSSR count). The van der Waals surface area contributed by atoms with Crippen LogP contribution in [0.2, 0.25) is 0 Å². The number of rotatable bonds is 10. The summed E-state index contributed by atoms with van der Waals surface area (Å²) >= 11 is 0. The van der Waals surface area contributed by atoms with Crippen molar-refractivity contribution in [1.82, 2.24) is 4.57 Å². The molecule has 0 aliphatic carbocycles. The molecule has 1 aromatic heterocycles. The van der Waals surface area contributed by atoms with Gasteiger partial charge in [0.1, 0.15) is 0 Å². The average molecular weight is 845 g/mol. The molecular weight excluding hydrogens is 801 g/mol. The van der Waals surface area contributed by atoms with E-state index < -0.39 is 0 Å². The molecule has 0 aliphatic heterocycles. The van der Waals surface area contributed by atoms with Crippen molar-refractivity contribution in [3.8, 4) is 5.69 Å². The van der Waals surface area contributed by atoms with E-state index in [9.17, 15) is 0 Å². The molecule has 0 bridgehead atoms. The van der Waals surface area contributed by atoms with Gasteiger partial charge < -0.3 is 19.3 Å². The zero-order valence-corrected chi connectivity index (χ0v) is 36.2. The van der Waals surface area contributed by atoms with Crippen LogP contribution in [0.5, 0.6) is 0 Å². The second-order valence-electron chi connectivity index (χ2n) is 16.6. The molecule has 1 heterocycles. The highest BCUT2D eigenvalue weighted by Gasteiger charge is 2.24. The predicted octanol–water partition coefficient (Wildman–Crippen LogP) is 17.5. The molecule has 0 amide bonds. The number of hydrogen-bond donors (Lipinski definition) is 0. The van der Waals surface area contributed by atoms with Crippen LogP contribution in [0.1, 0.15) is 0 Å². The molecule has 0 aliphatic rings. The van der Waals surface area contributed by atoms with Crippen molar-refractivity contribution in [2.75, 3.05) is 14.7 Å². The second-order valence-corrected chi connectivity index (χ2v) is 16.6. The van der Waals surface area contributed by atoms with Crippen molar-refractivity contribution in [3.05, 3.63) is 267 Å². The summed E-state index contributed by atoms with van der Waals surface area (Å²) in [6.07, 6.45) is 0. The Bertz CT molecular complexity index is 3550. The number of hydrogen-bond acceptors (Lipinski definition) is 3. The molecular formula is C62H44N4. The van der Waals surface area contributed by atoms with Gasteiger partial charge in [0, 0.05) is 72.7 Å². The van der Waals surface area contributed by atoms with Gasteiger partial charge in [0.2, 0.25) is 0 Å². The fourth-order valence-corrected chi connectivity index (χ4v) is 9.73. The molecule has 0 radical (unpaired) electrons. The van der Waals surface area contributed by atoms with Crippen LogP contribution in [0.25, 0.3) is 49.0 Å². The first-order valence-corrected chi connectivity index (χ1v) is 22.5. The first kappa shape index (κ1) is 38.8. The number of benzene rings is 11. The lowest BCUT2D eigenvalue weighted by Crippen LogP contribution is -2.13. The fraction of sp³-hybridized carbons (Fsp3) is 0. The molecule has 0 spiro atoms. The quantitative estimate of drug-likeness (QED) is 0.127. The van der Waals surface area contributed by atoms with E-state index in [-0.39, 0.29) is 0 Å². The van der Waals surface area contributed by atoms with Gasteiger partial charge in [-0.25, -0.2) is 0 Å². The van der Waals surface area contributed by atoms with Crippen LogP contribution >= 0.6 is 0 Å². The van der Waals surface area contributed by atoms with Crippen LogP contribution in [0.3, 0.4) is 0 Å². The van der Waals surface area contributed by atoms with Crippen LogP contribution < -0.4 is 14.7 Å². The predicted molar refractivity (Wildman–Crippen MR) is 280 cm³/mol. The number of fused-ring (bicyclic) bond motifs is 5. The highest BCUT2D eigenvalue weighted by atomic mass is 15.2. The van der Waals surface area contributed by atoms with Crippen molar-refractivity contribution in [1.29, 1.82) is 0 Å².